The van der Waals surface area contributed by atoms with Crippen molar-refractivity contribution in [2.75, 3.05) is 31.3 Å². The van der Waals surface area contributed by atoms with Gasteiger partial charge in [0.15, 0.2) is 0 Å². The van der Waals surface area contributed by atoms with Crippen molar-refractivity contribution in [3.8, 4) is 5.75 Å². The number of benzene rings is 1. The van der Waals surface area contributed by atoms with Gasteiger partial charge in [-0.3, -0.25) is 14.4 Å². The molecule has 0 aliphatic carbocycles. The third kappa shape index (κ3) is 4.44. The molecule has 3 rings (SSSR count). The summed E-state index contributed by atoms with van der Waals surface area (Å²) in [4.78, 5) is 38.3. The zero-order valence-corrected chi connectivity index (χ0v) is 16.0. The van der Waals surface area contributed by atoms with Gasteiger partial charge in [-0.1, -0.05) is 12.1 Å². The summed E-state index contributed by atoms with van der Waals surface area (Å²) in [6, 6.07) is 7.25. The van der Waals surface area contributed by atoms with Crippen LogP contribution in [0.2, 0.25) is 0 Å². The molecule has 0 aromatic heterocycles. The van der Waals surface area contributed by atoms with E-state index in [4.69, 9.17) is 9.47 Å². The highest BCUT2D eigenvalue weighted by molar-refractivity contribution is 6.01. The van der Waals surface area contributed by atoms with E-state index in [9.17, 15) is 19.5 Å². The highest BCUT2D eigenvalue weighted by Crippen LogP contribution is 2.34. The van der Waals surface area contributed by atoms with E-state index in [2.05, 4.69) is 5.32 Å². The van der Waals surface area contributed by atoms with Gasteiger partial charge >= 0.3 is 5.97 Å². The summed E-state index contributed by atoms with van der Waals surface area (Å²) >= 11 is 0. The average molecular weight is 390 g/mol. The van der Waals surface area contributed by atoms with Crippen LogP contribution in [0.25, 0.3) is 0 Å². The van der Waals surface area contributed by atoms with Crippen LogP contribution in [-0.2, 0) is 19.1 Å². The van der Waals surface area contributed by atoms with Gasteiger partial charge in [-0.05, 0) is 31.9 Å². The molecule has 8 nitrogen and oxygen atoms in total. The molecule has 1 atom stereocenters. The number of para-hydroxylation sites is 2. The number of carbonyl (C=O) groups excluding carboxylic acids is 2. The Balaban J connectivity index is 1.72. The van der Waals surface area contributed by atoms with Gasteiger partial charge in [-0.25, -0.2) is 0 Å². The molecule has 2 N–H and O–H groups in total. The molecular weight excluding hydrogens is 364 g/mol. The molecule has 0 spiro atoms. The van der Waals surface area contributed by atoms with Crippen molar-refractivity contribution in [2.24, 2.45) is 5.92 Å². The number of ether oxygens (including phenoxy) is 2. The minimum absolute atomic E-state index is 0.0892. The Morgan fingerprint density at radius 2 is 2.04 bits per heavy atom. The zero-order valence-electron chi connectivity index (χ0n) is 16.0. The molecule has 1 aromatic carbocycles. The molecule has 1 aromatic rings. The SMILES string of the molecule is CCOc1ccccc1N1CC(C(=O)NC2(CC(=O)O)CCOCC2)CC1=O. The van der Waals surface area contributed by atoms with E-state index >= 15 is 0 Å². The van der Waals surface area contributed by atoms with Crippen LogP contribution in [0, 0.1) is 5.92 Å². The number of carboxylic acid groups (broad SMARTS) is 1. The second-order valence-electron chi connectivity index (χ2n) is 7.26. The van der Waals surface area contributed by atoms with E-state index in [0.29, 0.717) is 44.1 Å². The van der Waals surface area contributed by atoms with Crippen LogP contribution < -0.4 is 15.0 Å². The van der Waals surface area contributed by atoms with Crippen molar-refractivity contribution in [1.82, 2.24) is 5.32 Å². The predicted octanol–water partition coefficient (Wildman–Crippen LogP) is 1.58. The Labute approximate surface area is 163 Å². The predicted molar refractivity (Wildman–Crippen MR) is 101 cm³/mol. The summed E-state index contributed by atoms with van der Waals surface area (Å²) in [5.74, 6) is -1.32. The topological polar surface area (TPSA) is 105 Å². The lowest BCUT2D eigenvalue weighted by atomic mass is 9.85. The van der Waals surface area contributed by atoms with Crippen LogP contribution in [0.1, 0.15) is 32.6 Å². The van der Waals surface area contributed by atoms with Gasteiger partial charge in [0, 0.05) is 26.2 Å². The third-order valence-electron chi connectivity index (χ3n) is 5.28. The van der Waals surface area contributed by atoms with E-state index in [1.807, 2.05) is 19.1 Å². The monoisotopic (exact) mass is 390 g/mol. The van der Waals surface area contributed by atoms with Crippen molar-refractivity contribution < 1.29 is 29.0 Å². The maximum Gasteiger partial charge on any atom is 0.305 e. The van der Waals surface area contributed by atoms with Crippen molar-refractivity contribution in [1.29, 1.82) is 0 Å². The number of carboxylic acids is 1. The summed E-state index contributed by atoms with van der Waals surface area (Å²) in [6.45, 7) is 3.40. The van der Waals surface area contributed by atoms with Crippen LogP contribution in [0.3, 0.4) is 0 Å². The molecule has 2 aliphatic rings. The lowest BCUT2D eigenvalue weighted by Crippen LogP contribution is -2.54. The molecule has 28 heavy (non-hydrogen) atoms. The van der Waals surface area contributed by atoms with E-state index in [1.54, 1.807) is 17.0 Å². The van der Waals surface area contributed by atoms with E-state index < -0.39 is 17.4 Å². The fourth-order valence-electron chi connectivity index (χ4n) is 3.83. The molecule has 1 unspecified atom stereocenters. The highest BCUT2D eigenvalue weighted by atomic mass is 16.5. The largest absolute Gasteiger partial charge is 0.492 e. The first kappa shape index (κ1) is 20.1. The molecule has 152 valence electrons. The van der Waals surface area contributed by atoms with E-state index in [0.717, 1.165) is 0 Å². The van der Waals surface area contributed by atoms with Crippen LogP contribution in [0.15, 0.2) is 24.3 Å². The van der Waals surface area contributed by atoms with E-state index in [1.165, 1.54) is 0 Å². The molecule has 2 saturated heterocycles. The fourth-order valence-corrected chi connectivity index (χ4v) is 3.83. The first-order valence-electron chi connectivity index (χ1n) is 9.58. The Hall–Kier alpha value is -2.61. The molecule has 0 radical (unpaired) electrons. The number of amides is 2. The molecule has 2 heterocycles. The first-order valence-corrected chi connectivity index (χ1v) is 9.58. The minimum atomic E-state index is -0.961. The average Bonchev–Trinajstić information content (AvgIpc) is 3.04. The second kappa shape index (κ2) is 8.60. The standard InChI is InChI=1S/C20H26N2O6/c1-2-28-16-6-4-3-5-15(16)22-13-14(11-17(22)23)19(26)21-20(12-18(24)25)7-9-27-10-8-20/h3-6,14H,2,7-13H2,1H3,(H,21,26)(H,24,25). The van der Waals surface area contributed by atoms with E-state index in [-0.39, 0.29) is 31.2 Å². The number of anilines is 1. The maximum atomic E-state index is 12.9. The summed E-state index contributed by atoms with van der Waals surface area (Å²) in [5.41, 5.74) is -0.170. The van der Waals surface area contributed by atoms with Crippen LogP contribution in [0.5, 0.6) is 5.75 Å². The Morgan fingerprint density at radius 1 is 1.32 bits per heavy atom. The number of aliphatic carboxylic acids is 1. The third-order valence-corrected chi connectivity index (χ3v) is 5.28. The van der Waals surface area contributed by atoms with Crippen molar-refractivity contribution >= 4 is 23.5 Å². The quantitative estimate of drug-likeness (QED) is 0.732. The summed E-state index contributed by atoms with van der Waals surface area (Å²) in [5, 5.41) is 12.2. The van der Waals surface area contributed by atoms with Crippen molar-refractivity contribution in [2.45, 2.75) is 38.1 Å². The smallest absolute Gasteiger partial charge is 0.305 e. The molecule has 0 bridgehead atoms. The fraction of sp³-hybridized carbons (Fsp3) is 0.550. The molecule has 2 aliphatic heterocycles. The van der Waals surface area contributed by atoms with Crippen LogP contribution in [-0.4, -0.2) is 54.8 Å². The summed E-state index contributed by atoms with van der Waals surface area (Å²) in [7, 11) is 0. The molecular formula is C20H26N2O6. The minimum Gasteiger partial charge on any atom is -0.492 e. The maximum absolute atomic E-state index is 12.9. The van der Waals surface area contributed by atoms with Gasteiger partial charge < -0.3 is 24.8 Å². The van der Waals surface area contributed by atoms with Crippen molar-refractivity contribution in [3.63, 3.8) is 0 Å². The Morgan fingerprint density at radius 3 is 2.71 bits per heavy atom. The first-order chi connectivity index (χ1) is 13.4. The summed E-state index contributed by atoms with van der Waals surface area (Å²) in [6.07, 6.45) is 0.830. The number of hydrogen-bond acceptors (Lipinski definition) is 5. The zero-order chi connectivity index (χ0) is 20.1. The van der Waals surface area contributed by atoms with Gasteiger partial charge in [0.1, 0.15) is 5.75 Å². The van der Waals surface area contributed by atoms with Gasteiger partial charge in [0.05, 0.1) is 30.2 Å². The second-order valence-corrected chi connectivity index (χ2v) is 7.26. The van der Waals surface area contributed by atoms with Gasteiger partial charge in [-0.15, -0.1) is 0 Å². The highest BCUT2D eigenvalue weighted by Gasteiger charge is 2.41. The van der Waals surface area contributed by atoms with Gasteiger partial charge in [0.2, 0.25) is 11.8 Å². The number of rotatable bonds is 7. The summed E-state index contributed by atoms with van der Waals surface area (Å²) < 4.78 is 10.9. The number of nitrogens with zero attached hydrogens (tertiary/aromatic N) is 1. The van der Waals surface area contributed by atoms with Crippen molar-refractivity contribution in [3.05, 3.63) is 24.3 Å². The van der Waals surface area contributed by atoms with Crippen LogP contribution >= 0.6 is 0 Å². The molecule has 2 amide bonds. The van der Waals surface area contributed by atoms with Gasteiger partial charge in [-0.2, -0.15) is 0 Å². The molecule has 2 fully saturated rings. The Kier molecular flexibility index (Phi) is 6.18. The number of nitrogens with one attached hydrogen (secondary N) is 1. The molecule has 8 heteroatoms. The lowest BCUT2D eigenvalue weighted by molar-refractivity contribution is -0.141. The van der Waals surface area contributed by atoms with Gasteiger partial charge in [0.25, 0.3) is 0 Å². The molecule has 0 saturated carbocycles. The Bertz CT molecular complexity index is 744. The number of carbonyl (C=O) groups is 3. The lowest BCUT2D eigenvalue weighted by Gasteiger charge is -2.37. The normalized spacial score (nSPS) is 21.4. The van der Waals surface area contributed by atoms with Crippen LogP contribution in [0.4, 0.5) is 5.69 Å². The number of hydrogen-bond donors (Lipinski definition) is 2.